The van der Waals surface area contributed by atoms with Gasteiger partial charge in [0.15, 0.2) is 15.8 Å². The van der Waals surface area contributed by atoms with Crippen molar-refractivity contribution in [1.29, 1.82) is 0 Å². The zero-order valence-corrected chi connectivity index (χ0v) is 16.9. The molecular weight excluding hydrogens is 358 g/mol. The summed E-state index contributed by atoms with van der Waals surface area (Å²) in [6, 6.07) is 15.4. The molecule has 0 atom stereocenters. The van der Waals surface area contributed by atoms with Crippen LogP contribution < -0.4 is 11.1 Å². The monoisotopic (exact) mass is 387 g/mol. The number of sulfone groups is 1. The van der Waals surface area contributed by atoms with Gasteiger partial charge in [-0.1, -0.05) is 62.4 Å². The molecule has 0 saturated heterocycles. The highest BCUT2D eigenvalue weighted by molar-refractivity contribution is 7.90. The van der Waals surface area contributed by atoms with Crippen molar-refractivity contribution in [3.63, 3.8) is 0 Å². The lowest BCUT2D eigenvalue weighted by molar-refractivity contribution is 0.593. The van der Waals surface area contributed by atoms with E-state index in [4.69, 9.17) is 5.73 Å². The average molecular weight is 388 g/mol. The van der Waals surface area contributed by atoms with Crippen LogP contribution in [0.5, 0.6) is 0 Å². The molecular formula is C21H29N3O2S. The maximum absolute atomic E-state index is 12.2. The number of guanidine groups is 1. The van der Waals surface area contributed by atoms with Crippen molar-refractivity contribution >= 4 is 21.5 Å². The average Bonchev–Trinajstić information content (AvgIpc) is 2.66. The van der Waals surface area contributed by atoms with Gasteiger partial charge in [0, 0.05) is 12.2 Å². The van der Waals surface area contributed by atoms with Gasteiger partial charge >= 0.3 is 0 Å². The van der Waals surface area contributed by atoms with E-state index in [9.17, 15) is 8.42 Å². The van der Waals surface area contributed by atoms with Crippen LogP contribution in [0.1, 0.15) is 37.0 Å². The summed E-state index contributed by atoms with van der Waals surface area (Å²) in [4.78, 5) is 4.30. The van der Waals surface area contributed by atoms with Gasteiger partial charge in [0.1, 0.15) is 0 Å². The van der Waals surface area contributed by atoms with E-state index in [1.165, 1.54) is 11.1 Å². The number of rotatable bonds is 9. The molecule has 0 aliphatic rings. The minimum absolute atomic E-state index is 0.0645. The van der Waals surface area contributed by atoms with Gasteiger partial charge in [-0.3, -0.25) is 4.99 Å². The van der Waals surface area contributed by atoms with E-state index in [0.29, 0.717) is 18.9 Å². The molecule has 2 aromatic carbocycles. The predicted octanol–water partition coefficient (Wildman–Crippen LogP) is 3.54. The number of nitrogens with one attached hydrogen (secondary N) is 1. The molecule has 0 bridgehead atoms. The highest BCUT2D eigenvalue weighted by Gasteiger charge is 2.11. The zero-order chi connectivity index (χ0) is 19.7. The molecule has 27 heavy (non-hydrogen) atoms. The molecule has 0 aliphatic heterocycles. The quantitative estimate of drug-likeness (QED) is 0.391. The SMILES string of the molecule is CCc1cccc(CC)c1NC(N)=NCCCS(=O)(=O)Cc1ccccc1. The lowest BCUT2D eigenvalue weighted by Crippen LogP contribution is -2.24. The molecule has 0 spiro atoms. The van der Waals surface area contributed by atoms with Crippen LogP contribution in [-0.2, 0) is 28.4 Å². The van der Waals surface area contributed by atoms with Crippen molar-refractivity contribution in [3.8, 4) is 0 Å². The molecule has 0 heterocycles. The lowest BCUT2D eigenvalue weighted by atomic mass is 10.0. The molecule has 0 radical (unpaired) electrons. The molecule has 0 unspecified atom stereocenters. The Balaban J connectivity index is 1.89. The van der Waals surface area contributed by atoms with Gasteiger partial charge in [0.25, 0.3) is 0 Å². The maximum atomic E-state index is 12.2. The largest absolute Gasteiger partial charge is 0.370 e. The van der Waals surface area contributed by atoms with Crippen LogP contribution in [0.25, 0.3) is 0 Å². The van der Waals surface area contributed by atoms with E-state index in [0.717, 1.165) is 24.1 Å². The molecule has 3 N–H and O–H groups in total. The third-order valence-electron chi connectivity index (χ3n) is 4.38. The first-order valence-electron chi connectivity index (χ1n) is 9.37. The van der Waals surface area contributed by atoms with Crippen LogP contribution in [0, 0.1) is 0 Å². The van der Waals surface area contributed by atoms with Gasteiger partial charge in [-0.05, 0) is 36.0 Å². The Kier molecular flexibility index (Phi) is 7.85. The van der Waals surface area contributed by atoms with Crippen molar-refractivity contribution in [3.05, 3.63) is 65.2 Å². The summed E-state index contributed by atoms with van der Waals surface area (Å²) < 4.78 is 24.4. The third-order valence-corrected chi connectivity index (χ3v) is 6.06. The van der Waals surface area contributed by atoms with Crippen molar-refractivity contribution < 1.29 is 8.42 Å². The van der Waals surface area contributed by atoms with Crippen molar-refractivity contribution in [2.75, 3.05) is 17.6 Å². The molecule has 2 rings (SSSR count). The summed E-state index contributed by atoms with van der Waals surface area (Å²) in [5, 5.41) is 3.20. The summed E-state index contributed by atoms with van der Waals surface area (Å²) >= 11 is 0. The lowest BCUT2D eigenvalue weighted by Gasteiger charge is -2.14. The Morgan fingerprint density at radius 2 is 1.63 bits per heavy atom. The minimum atomic E-state index is -3.14. The van der Waals surface area contributed by atoms with Crippen LogP contribution in [0.4, 0.5) is 5.69 Å². The molecule has 146 valence electrons. The number of para-hydroxylation sites is 1. The van der Waals surface area contributed by atoms with E-state index in [2.05, 4.69) is 36.3 Å². The summed E-state index contributed by atoms with van der Waals surface area (Å²) in [7, 11) is -3.14. The Morgan fingerprint density at radius 1 is 1.00 bits per heavy atom. The maximum Gasteiger partial charge on any atom is 0.193 e. The number of anilines is 1. The topological polar surface area (TPSA) is 84.5 Å². The highest BCUT2D eigenvalue weighted by Crippen LogP contribution is 2.22. The summed E-state index contributed by atoms with van der Waals surface area (Å²) in [5.74, 6) is 0.491. The van der Waals surface area contributed by atoms with Crippen molar-refractivity contribution in [1.82, 2.24) is 0 Å². The van der Waals surface area contributed by atoms with E-state index >= 15 is 0 Å². The standard InChI is InChI=1S/C21H29N3O2S/c1-3-18-12-8-13-19(4-2)20(18)24-21(22)23-14-9-15-27(25,26)16-17-10-6-5-7-11-17/h5-8,10-13H,3-4,9,14-16H2,1-2H3,(H3,22,23,24). The fourth-order valence-corrected chi connectivity index (χ4v) is 4.37. The Bertz CT molecular complexity index is 840. The normalized spacial score (nSPS) is 12.1. The fraction of sp³-hybridized carbons (Fsp3) is 0.381. The Hall–Kier alpha value is -2.34. The summed E-state index contributed by atoms with van der Waals surface area (Å²) in [5.41, 5.74) is 10.2. The predicted molar refractivity (Wildman–Crippen MR) is 114 cm³/mol. The van der Waals surface area contributed by atoms with Crippen LogP contribution >= 0.6 is 0 Å². The minimum Gasteiger partial charge on any atom is -0.370 e. The first-order chi connectivity index (χ1) is 12.9. The number of hydrogen-bond donors (Lipinski definition) is 2. The first-order valence-corrected chi connectivity index (χ1v) is 11.2. The van der Waals surface area contributed by atoms with E-state index in [-0.39, 0.29) is 11.5 Å². The fourth-order valence-electron chi connectivity index (χ4n) is 2.96. The molecule has 0 amide bonds. The van der Waals surface area contributed by atoms with Gasteiger partial charge in [-0.15, -0.1) is 0 Å². The molecule has 0 saturated carbocycles. The smallest absolute Gasteiger partial charge is 0.193 e. The number of aryl methyl sites for hydroxylation is 2. The Morgan fingerprint density at radius 3 is 2.22 bits per heavy atom. The highest BCUT2D eigenvalue weighted by atomic mass is 32.2. The third kappa shape index (κ3) is 6.71. The van der Waals surface area contributed by atoms with Gasteiger partial charge in [0.05, 0.1) is 11.5 Å². The van der Waals surface area contributed by atoms with Crippen LogP contribution in [0.3, 0.4) is 0 Å². The zero-order valence-electron chi connectivity index (χ0n) is 16.1. The van der Waals surface area contributed by atoms with Crippen molar-refractivity contribution in [2.24, 2.45) is 10.7 Å². The van der Waals surface area contributed by atoms with Gasteiger partial charge in [0.2, 0.25) is 0 Å². The molecule has 0 fully saturated rings. The molecule has 0 aromatic heterocycles. The summed E-state index contributed by atoms with van der Waals surface area (Å²) in [6.45, 7) is 4.58. The molecule has 5 nitrogen and oxygen atoms in total. The molecule has 6 heteroatoms. The summed E-state index contributed by atoms with van der Waals surface area (Å²) in [6.07, 6.45) is 2.26. The number of benzene rings is 2. The number of nitrogens with two attached hydrogens (primary N) is 1. The van der Waals surface area contributed by atoms with Crippen LogP contribution in [-0.4, -0.2) is 26.7 Å². The van der Waals surface area contributed by atoms with E-state index in [1.807, 2.05) is 36.4 Å². The van der Waals surface area contributed by atoms with E-state index < -0.39 is 9.84 Å². The van der Waals surface area contributed by atoms with Gasteiger partial charge in [-0.25, -0.2) is 8.42 Å². The number of nitrogens with zero attached hydrogens (tertiary/aromatic N) is 1. The van der Waals surface area contributed by atoms with Crippen LogP contribution in [0.15, 0.2) is 53.5 Å². The Labute approximate surface area is 162 Å². The molecule has 2 aromatic rings. The molecule has 0 aliphatic carbocycles. The van der Waals surface area contributed by atoms with Gasteiger partial charge < -0.3 is 11.1 Å². The first kappa shape index (κ1) is 21.0. The van der Waals surface area contributed by atoms with Crippen molar-refractivity contribution in [2.45, 2.75) is 38.9 Å². The second-order valence-electron chi connectivity index (χ2n) is 6.48. The second-order valence-corrected chi connectivity index (χ2v) is 8.67. The van der Waals surface area contributed by atoms with E-state index in [1.54, 1.807) is 0 Å². The second kappa shape index (κ2) is 10.1. The van der Waals surface area contributed by atoms with Crippen LogP contribution in [0.2, 0.25) is 0 Å². The number of aliphatic imine (C=N–C) groups is 1. The van der Waals surface area contributed by atoms with Gasteiger partial charge in [-0.2, -0.15) is 0 Å². The number of hydrogen-bond acceptors (Lipinski definition) is 3.